The molecule has 3 aromatic rings. The molecule has 1 heterocycles. The first-order valence-electron chi connectivity index (χ1n) is 8.78. The van der Waals surface area contributed by atoms with Gasteiger partial charge in [-0.15, -0.1) is 0 Å². The monoisotopic (exact) mass is 363 g/mol. The number of carbonyl (C=O) groups excluding carboxylic acids is 1. The fourth-order valence-corrected chi connectivity index (χ4v) is 2.73. The second-order valence-electron chi connectivity index (χ2n) is 5.99. The van der Waals surface area contributed by atoms with Gasteiger partial charge >= 0.3 is 5.97 Å². The van der Waals surface area contributed by atoms with Gasteiger partial charge in [0.05, 0.1) is 18.0 Å². The zero-order chi connectivity index (χ0) is 19.2. The van der Waals surface area contributed by atoms with Crippen molar-refractivity contribution in [1.29, 1.82) is 0 Å². The van der Waals surface area contributed by atoms with E-state index in [0.717, 1.165) is 5.56 Å². The Kier molecular flexibility index (Phi) is 5.66. The van der Waals surface area contributed by atoms with Crippen molar-refractivity contribution in [1.82, 2.24) is 9.78 Å². The fourth-order valence-electron chi connectivity index (χ4n) is 2.73. The SMILES string of the molecule is CCOC(=O)c1nn(-c2ccccc2)c(=O)cc1N[C@H](C)c1ccccc1. The van der Waals surface area contributed by atoms with Gasteiger partial charge in [0.2, 0.25) is 0 Å². The molecule has 1 aromatic heterocycles. The maximum atomic E-state index is 12.6. The normalized spacial score (nSPS) is 11.6. The second kappa shape index (κ2) is 8.31. The Hall–Kier alpha value is -3.41. The third-order valence-electron chi connectivity index (χ3n) is 4.07. The minimum Gasteiger partial charge on any atom is -0.461 e. The van der Waals surface area contributed by atoms with Crippen LogP contribution in [-0.2, 0) is 4.74 Å². The molecule has 0 saturated carbocycles. The van der Waals surface area contributed by atoms with E-state index in [-0.39, 0.29) is 23.9 Å². The molecule has 0 fully saturated rings. The molecule has 0 spiro atoms. The molecule has 1 atom stereocenters. The Morgan fingerprint density at radius 3 is 2.37 bits per heavy atom. The van der Waals surface area contributed by atoms with Crippen LogP contribution in [0, 0.1) is 0 Å². The van der Waals surface area contributed by atoms with Gasteiger partial charge in [0.1, 0.15) is 0 Å². The zero-order valence-electron chi connectivity index (χ0n) is 15.3. The molecule has 3 rings (SSSR count). The molecule has 0 radical (unpaired) electrons. The number of para-hydroxylation sites is 1. The quantitative estimate of drug-likeness (QED) is 0.678. The number of nitrogens with one attached hydrogen (secondary N) is 1. The minimum absolute atomic E-state index is 0.0723. The fraction of sp³-hybridized carbons (Fsp3) is 0.190. The highest BCUT2D eigenvalue weighted by atomic mass is 16.5. The van der Waals surface area contributed by atoms with E-state index < -0.39 is 5.97 Å². The molecule has 6 nitrogen and oxygen atoms in total. The van der Waals surface area contributed by atoms with Crippen molar-refractivity contribution >= 4 is 11.7 Å². The first-order chi connectivity index (χ1) is 13.1. The number of aromatic nitrogens is 2. The Balaban J connectivity index is 2.03. The summed E-state index contributed by atoms with van der Waals surface area (Å²) < 4.78 is 6.33. The number of nitrogens with zero attached hydrogens (tertiary/aromatic N) is 2. The third-order valence-corrected chi connectivity index (χ3v) is 4.07. The summed E-state index contributed by atoms with van der Waals surface area (Å²) in [6.45, 7) is 3.90. The highest BCUT2D eigenvalue weighted by Gasteiger charge is 2.20. The number of benzene rings is 2. The van der Waals surface area contributed by atoms with Crippen LogP contribution >= 0.6 is 0 Å². The van der Waals surface area contributed by atoms with E-state index in [1.54, 1.807) is 31.2 Å². The lowest BCUT2D eigenvalue weighted by molar-refractivity contribution is 0.0518. The molecular weight excluding hydrogens is 342 g/mol. The predicted octanol–water partition coefficient (Wildman–Crippen LogP) is 3.58. The molecule has 1 N–H and O–H groups in total. The molecule has 0 saturated heterocycles. The molecule has 0 amide bonds. The van der Waals surface area contributed by atoms with Gasteiger partial charge in [0, 0.05) is 12.1 Å². The molecule has 0 aliphatic heterocycles. The van der Waals surface area contributed by atoms with Gasteiger partial charge in [-0.2, -0.15) is 9.78 Å². The van der Waals surface area contributed by atoms with Gasteiger partial charge in [-0.3, -0.25) is 4.79 Å². The van der Waals surface area contributed by atoms with Crippen molar-refractivity contribution in [2.75, 3.05) is 11.9 Å². The number of esters is 1. The van der Waals surface area contributed by atoms with E-state index in [9.17, 15) is 9.59 Å². The molecule has 0 bridgehead atoms. The Morgan fingerprint density at radius 2 is 1.74 bits per heavy atom. The highest BCUT2D eigenvalue weighted by Crippen LogP contribution is 2.21. The Bertz CT molecular complexity index is 969. The molecule has 6 heteroatoms. The van der Waals surface area contributed by atoms with Crippen LogP contribution < -0.4 is 10.9 Å². The maximum Gasteiger partial charge on any atom is 0.360 e. The summed E-state index contributed by atoms with van der Waals surface area (Å²) in [6, 6.07) is 20.0. The molecule has 0 aliphatic rings. The van der Waals surface area contributed by atoms with Gasteiger partial charge in [-0.25, -0.2) is 4.79 Å². The lowest BCUT2D eigenvalue weighted by Crippen LogP contribution is -2.26. The van der Waals surface area contributed by atoms with Crippen LogP contribution in [0.5, 0.6) is 0 Å². The lowest BCUT2D eigenvalue weighted by Gasteiger charge is -2.18. The molecule has 27 heavy (non-hydrogen) atoms. The summed E-state index contributed by atoms with van der Waals surface area (Å²) in [5.41, 5.74) is 1.69. The van der Waals surface area contributed by atoms with Gasteiger partial charge in [-0.05, 0) is 31.5 Å². The highest BCUT2D eigenvalue weighted by molar-refractivity contribution is 5.93. The summed E-state index contributed by atoms with van der Waals surface area (Å²) in [7, 11) is 0. The van der Waals surface area contributed by atoms with Gasteiger partial charge < -0.3 is 10.1 Å². The zero-order valence-corrected chi connectivity index (χ0v) is 15.3. The molecule has 138 valence electrons. The van der Waals surface area contributed by atoms with Crippen LogP contribution in [0.1, 0.15) is 35.9 Å². The molecule has 0 aliphatic carbocycles. The van der Waals surface area contributed by atoms with E-state index in [1.165, 1.54) is 10.7 Å². The number of hydrogen-bond acceptors (Lipinski definition) is 5. The van der Waals surface area contributed by atoms with E-state index in [1.807, 2.05) is 43.3 Å². The van der Waals surface area contributed by atoms with Crippen molar-refractivity contribution in [2.24, 2.45) is 0 Å². The minimum atomic E-state index is -0.579. The number of carbonyl (C=O) groups is 1. The summed E-state index contributed by atoms with van der Waals surface area (Å²) in [4.78, 5) is 25.0. The Morgan fingerprint density at radius 1 is 1.11 bits per heavy atom. The summed E-state index contributed by atoms with van der Waals surface area (Å²) in [6.07, 6.45) is 0. The first-order valence-corrected chi connectivity index (χ1v) is 8.78. The average Bonchev–Trinajstić information content (AvgIpc) is 2.69. The largest absolute Gasteiger partial charge is 0.461 e. The average molecular weight is 363 g/mol. The van der Waals surface area contributed by atoms with E-state index >= 15 is 0 Å². The van der Waals surface area contributed by atoms with Crippen molar-refractivity contribution in [3.8, 4) is 5.69 Å². The molecule has 0 unspecified atom stereocenters. The number of anilines is 1. The maximum absolute atomic E-state index is 12.6. The number of hydrogen-bond donors (Lipinski definition) is 1. The molecule has 2 aromatic carbocycles. The van der Waals surface area contributed by atoms with Crippen LogP contribution in [0.3, 0.4) is 0 Å². The topological polar surface area (TPSA) is 73.2 Å². The van der Waals surface area contributed by atoms with Crippen LogP contribution in [0.25, 0.3) is 5.69 Å². The smallest absolute Gasteiger partial charge is 0.360 e. The van der Waals surface area contributed by atoms with E-state index in [2.05, 4.69) is 10.4 Å². The summed E-state index contributed by atoms with van der Waals surface area (Å²) >= 11 is 0. The van der Waals surface area contributed by atoms with E-state index in [4.69, 9.17) is 4.74 Å². The van der Waals surface area contributed by atoms with Crippen LogP contribution in [-0.4, -0.2) is 22.4 Å². The van der Waals surface area contributed by atoms with Crippen LogP contribution in [0.2, 0.25) is 0 Å². The first kappa shape index (κ1) is 18.4. The predicted molar refractivity (Wildman–Crippen MR) is 104 cm³/mol. The lowest BCUT2D eigenvalue weighted by atomic mass is 10.1. The van der Waals surface area contributed by atoms with Crippen molar-refractivity contribution < 1.29 is 9.53 Å². The van der Waals surface area contributed by atoms with Crippen molar-refractivity contribution in [2.45, 2.75) is 19.9 Å². The van der Waals surface area contributed by atoms with Gasteiger partial charge in [-0.1, -0.05) is 48.5 Å². The van der Waals surface area contributed by atoms with Crippen LogP contribution in [0.15, 0.2) is 71.5 Å². The standard InChI is InChI=1S/C21H21N3O3/c1-3-27-21(26)20-18(22-15(2)16-10-6-4-7-11-16)14-19(25)24(23-20)17-12-8-5-9-13-17/h4-15,22H,3H2,1-2H3/t15-/m1/s1. The summed E-state index contributed by atoms with van der Waals surface area (Å²) in [5, 5.41) is 7.48. The van der Waals surface area contributed by atoms with E-state index in [0.29, 0.717) is 11.4 Å². The van der Waals surface area contributed by atoms with Crippen LogP contribution in [0.4, 0.5) is 5.69 Å². The van der Waals surface area contributed by atoms with Gasteiger partial charge in [0.25, 0.3) is 5.56 Å². The number of rotatable bonds is 6. The second-order valence-corrected chi connectivity index (χ2v) is 5.99. The van der Waals surface area contributed by atoms with Crippen molar-refractivity contribution in [3.05, 3.63) is 88.3 Å². The number of ether oxygens (including phenoxy) is 1. The van der Waals surface area contributed by atoms with Gasteiger partial charge in [0.15, 0.2) is 5.69 Å². The summed E-state index contributed by atoms with van der Waals surface area (Å²) in [5.74, 6) is -0.579. The molecular formula is C21H21N3O3. The Labute approximate surface area is 157 Å². The van der Waals surface area contributed by atoms with Crippen molar-refractivity contribution in [3.63, 3.8) is 0 Å². The third kappa shape index (κ3) is 4.23.